The second-order valence-corrected chi connectivity index (χ2v) is 8.96. The minimum Gasteiger partial charge on any atom is -0.461 e. The Morgan fingerprint density at radius 2 is 1.81 bits per heavy atom. The Hall–Kier alpha value is -2.68. The topological polar surface area (TPSA) is 76.6 Å². The van der Waals surface area contributed by atoms with Gasteiger partial charge in [0.1, 0.15) is 4.21 Å². The van der Waals surface area contributed by atoms with Crippen LogP contribution in [0.25, 0.3) is 11.5 Å². The normalized spacial score (nSPS) is 11.9. The lowest BCUT2D eigenvalue weighted by atomic mass is 10.2. The minimum absolute atomic E-state index is 0.0966. The van der Waals surface area contributed by atoms with Crippen molar-refractivity contribution < 1.29 is 17.4 Å². The van der Waals surface area contributed by atoms with E-state index in [1.807, 2.05) is 30.3 Å². The molecule has 0 aliphatic rings. The largest absolute Gasteiger partial charge is 0.461 e. The van der Waals surface area contributed by atoms with Crippen LogP contribution in [0.5, 0.6) is 0 Å². The quantitative estimate of drug-likeness (QED) is 0.460. The van der Waals surface area contributed by atoms with E-state index in [4.69, 9.17) is 8.94 Å². The predicted octanol–water partition coefficient (Wildman–Crippen LogP) is 4.39. The van der Waals surface area contributed by atoms with E-state index < -0.39 is 10.0 Å². The zero-order valence-electron chi connectivity index (χ0n) is 14.2. The molecule has 0 radical (unpaired) electrons. The monoisotopic (exact) mass is 400 g/mol. The first-order valence-corrected chi connectivity index (χ1v) is 10.5. The second-order valence-electron chi connectivity index (χ2n) is 5.85. The molecule has 0 aliphatic heterocycles. The number of furan rings is 1. The first kappa shape index (κ1) is 17.7. The van der Waals surface area contributed by atoms with Crippen molar-refractivity contribution in [2.24, 2.45) is 0 Å². The van der Waals surface area contributed by atoms with Crippen LogP contribution in [0.1, 0.15) is 11.3 Å². The maximum atomic E-state index is 13.1. The highest BCUT2D eigenvalue weighted by Crippen LogP contribution is 2.26. The molecule has 0 fully saturated rings. The van der Waals surface area contributed by atoms with Crippen LogP contribution < -0.4 is 0 Å². The summed E-state index contributed by atoms with van der Waals surface area (Å²) in [6, 6.07) is 18.0. The third kappa shape index (κ3) is 3.87. The SMILES string of the molecule is O=S(=O)(c1cccs1)N(Cc1ccccc1)Cc1cc(-c2ccco2)on1. The van der Waals surface area contributed by atoms with E-state index in [1.54, 1.807) is 42.0 Å². The molecule has 1 aromatic carbocycles. The predicted molar refractivity (Wildman–Crippen MR) is 101 cm³/mol. The third-order valence-electron chi connectivity index (χ3n) is 3.95. The molecule has 0 saturated heterocycles. The average Bonchev–Trinajstić information content (AvgIpc) is 3.42. The summed E-state index contributed by atoms with van der Waals surface area (Å²) < 4.78 is 38.5. The van der Waals surface area contributed by atoms with Crippen LogP contribution >= 0.6 is 11.3 Å². The number of nitrogens with zero attached hydrogens (tertiary/aromatic N) is 2. The Bertz CT molecular complexity index is 1090. The molecule has 3 heterocycles. The summed E-state index contributed by atoms with van der Waals surface area (Å²) in [4.78, 5) is 0. The van der Waals surface area contributed by atoms with Gasteiger partial charge in [-0.25, -0.2) is 8.42 Å². The highest BCUT2D eigenvalue weighted by atomic mass is 32.2. The van der Waals surface area contributed by atoms with Crippen molar-refractivity contribution in [3.8, 4) is 11.5 Å². The van der Waals surface area contributed by atoms with Crippen molar-refractivity contribution in [1.82, 2.24) is 9.46 Å². The summed E-state index contributed by atoms with van der Waals surface area (Å²) in [5.74, 6) is 1.01. The van der Waals surface area contributed by atoms with Gasteiger partial charge in [-0.1, -0.05) is 41.6 Å². The van der Waals surface area contributed by atoms with Crippen molar-refractivity contribution in [3.63, 3.8) is 0 Å². The molecule has 138 valence electrons. The number of benzene rings is 1. The fourth-order valence-corrected chi connectivity index (χ4v) is 5.20. The van der Waals surface area contributed by atoms with Crippen LogP contribution in [0.3, 0.4) is 0 Å². The lowest BCUT2D eigenvalue weighted by Crippen LogP contribution is -2.29. The molecule has 0 spiro atoms. The van der Waals surface area contributed by atoms with Gasteiger partial charge in [-0.05, 0) is 29.1 Å². The average molecular weight is 400 g/mol. The summed E-state index contributed by atoms with van der Waals surface area (Å²) in [6.07, 6.45) is 1.54. The maximum absolute atomic E-state index is 13.1. The summed E-state index contributed by atoms with van der Waals surface area (Å²) in [7, 11) is -3.65. The molecule has 0 amide bonds. The molecule has 0 atom stereocenters. The van der Waals surface area contributed by atoms with Crippen molar-refractivity contribution in [2.75, 3.05) is 0 Å². The number of rotatable bonds is 7. The van der Waals surface area contributed by atoms with E-state index in [0.29, 0.717) is 21.4 Å². The Kier molecular flexibility index (Phi) is 4.93. The van der Waals surface area contributed by atoms with Gasteiger partial charge in [0.05, 0.1) is 18.5 Å². The van der Waals surface area contributed by atoms with Gasteiger partial charge in [0.2, 0.25) is 5.76 Å². The minimum atomic E-state index is -3.65. The van der Waals surface area contributed by atoms with E-state index in [9.17, 15) is 8.42 Å². The number of hydrogen-bond acceptors (Lipinski definition) is 6. The zero-order chi connectivity index (χ0) is 18.7. The van der Waals surface area contributed by atoms with Gasteiger partial charge in [-0.2, -0.15) is 4.31 Å². The van der Waals surface area contributed by atoms with Gasteiger partial charge in [-0.3, -0.25) is 0 Å². The van der Waals surface area contributed by atoms with E-state index in [-0.39, 0.29) is 13.1 Å². The first-order chi connectivity index (χ1) is 13.1. The van der Waals surface area contributed by atoms with Gasteiger partial charge < -0.3 is 8.94 Å². The van der Waals surface area contributed by atoms with E-state index in [0.717, 1.165) is 5.56 Å². The summed E-state index contributed by atoms with van der Waals surface area (Å²) in [5.41, 5.74) is 1.41. The lowest BCUT2D eigenvalue weighted by molar-refractivity contribution is 0.369. The van der Waals surface area contributed by atoms with E-state index in [2.05, 4.69) is 5.16 Å². The summed E-state index contributed by atoms with van der Waals surface area (Å²) in [6.45, 7) is 0.337. The van der Waals surface area contributed by atoms with Crippen LogP contribution in [0.15, 0.2) is 85.5 Å². The Morgan fingerprint density at radius 1 is 0.963 bits per heavy atom. The molecule has 4 rings (SSSR count). The van der Waals surface area contributed by atoms with Crippen LogP contribution in [-0.2, 0) is 23.1 Å². The van der Waals surface area contributed by atoms with Gasteiger partial charge in [-0.15, -0.1) is 11.3 Å². The molecule has 0 aliphatic carbocycles. The van der Waals surface area contributed by atoms with E-state index >= 15 is 0 Å². The molecule has 6 nitrogen and oxygen atoms in total. The highest BCUT2D eigenvalue weighted by Gasteiger charge is 2.27. The van der Waals surface area contributed by atoms with Crippen molar-refractivity contribution >= 4 is 21.4 Å². The molecule has 4 aromatic rings. The van der Waals surface area contributed by atoms with Crippen LogP contribution in [-0.4, -0.2) is 17.9 Å². The number of hydrogen-bond donors (Lipinski definition) is 0. The Balaban J connectivity index is 1.64. The van der Waals surface area contributed by atoms with Crippen LogP contribution in [0.2, 0.25) is 0 Å². The van der Waals surface area contributed by atoms with Gasteiger partial charge in [0.25, 0.3) is 10.0 Å². The van der Waals surface area contributed by atoms with Crippen molar-refractivity contribution in [3.05, 3.63) is 83.6 Å². The number of aromatic nitrogens is 1. The molecule has 8 heteroatoms. The van der Waals surface area contributed by atoms with Crippen LogP contribution in [0.4, 0.5) is 0 Å². The molecule has 0 N–H and O–H groups in total. The molecule has 3 aromatic heterocycles. The number of sulfonamides is 1. The molecule has 0 bridgehead atoms. The number of thiophene rings is 1. The second kappa shape index (κ2) is 7.51. The summed E-state index contributed by atoms with van der Waals surface area (Å²) >= 11 is 1.19. The van der Waals surface area contributed by atoms with Gasteiger partial charge in [0, 0.05) is 12.6 Å². The fourth-order valence-electron chi connectivity index (χ4n) is 2.65. The molecule has 27 heavy (non-hydrogen) atoms. The molecular formula is C19H16N2O4S2. The lowest BCUT2D eigenvalue weighted by Gasteiger charge is -2.20. The van der Waals surface area contributed by atoms with Crippen molar-refractivity contribution in [2.45, 2.75) is 17.3 Å². The summed E-state index contributed by atoms with van der Waals surface area (Å²) in [5, 5.41) is 5.76. The molecular weight excluding hydrogens is 384 g/mol. The molecule has 0 saturated carbocycles. The first-order valence-electron chi connectivity index (χ1n) is 8.20. The molecule has 0 unspecified atom stereocenters. The van der Waals surface area contributed by atoms with Crippen molar-refractivity contribution in [1.29, 1.82) is 0 Å². The fraction of sp³-hybridized carbons (Fsp3) is 0.105. The van der Waals surface area contributed by atoms with Gasteiger partial charge >= 0.3 is 0 Å². The Morgan fingerprint density at radius 3 is 2.52 bits per heavy atom. The third-order valence-corrected chi connectivity index (χ3v) is 7.12. The van der Waals surface area contributed by atoms with Gasteiger partial charge in [0.15, 0.2) is 5.76 Å². The smallest absolute Gasteiger partial charge is 0.253 e. The standard InChI is InChI=1S/C19H16N2O4S2/c22-27(23,19-9-5-11-26-19)21(13-15-6-2-1-3-7-15)14-16-12-18(25-20-16)17-8-4-10-24-17/h1-12H,13-14H2. The van der Waals surface area contributed by atoms with Crippen LogP contribution in [0, 0.1) is 0 Å². The zero-order valence-corrected chi connectivity index (χ0v) is 15.8. The Labute approximate surface area is 160 Å². The van der Waals surface area contributed by atoms with E-state index in [1.165, 1.54) is 15.6 Å². The maximum Gasteiger partial charge on any atom is 0.253 e. The highest BCUT2D eigenvalue weighted by molar-refractivity contribution is 7.91.